The Labute approximate surface area is 125 Å². The van der Waals surface area contributed by atoms with Crippen molar-refractivity contribution in [3.8, 4) is 5.75 Å². The molecule has 2 aliphatic rings. The molecule has 3 heteroatoms. The van der Waals surface area contributed by atoms with Crippen molar-refractivity contribution < 1.29 is 14.3 Å². The molecule has 1 fully saturated rings. The standard InChI is InChI=1S/C18H22O3/c1-11(2)9-13-16(18(13,3)4)17(19)21-15-10-20-14-8-6-5-7-12(14)15/h5-9,13,15-16H,10H2,1-4H3/t13-,15?,16-/m1/s1. The molecule has 3 atom stereocenters. The first-order valence-electron chi connectivity index (χ1n) is 7.48. The highest BCUT2D eigenvalue weighted by molar-refractivity contribution is 5.78. The van der Waals surface area contributed by atoms with Gasteiger partial charge in [-0.1, -0.05) is 43.7 Å². The average Bonchev–Trinajstić information content (AvgIpc) is 2.78. The minimum absolute atomic E-state index is 0.00661. The molecule has 0 aromatic heterocycles. The Morgan fingerprint density at radius 2 is 2.05 bits per heavy atom. The third kappa shape index (κ3) is 2.45. The summed E-state index contributed by atoms with van der Waals surface area (Å²) in [5, 5.41) is 0. The molecule has 1 aromatic rings. The van der Waals surface area contributed by atoms with E-state index in [0.717, 1.165) is 11.3 Å². The number of allylic oxidation sites excluding steroid dienone is 2. The van der Waals surface area contributed by atoms with Crippen molar-refractivity contribution in [2.75, 3.05) is 6.61 Å². The number of carbonyl (C=O) groups excluding carboxylic acids is 1. The van der Waals surface area contributed by atoms with Crippen LogP contribution in [-0.2, 0) is 9.53 Å². The highest BCUT2D eigenvalue weighted by Crippen LogP contribution is 2.60. The van der Waals surface area contributed by atoms with Crippen LogP contribution < -0.4 is 4.74 Å². The summed E-state index contributed by atoms with van der Waals surface area (Å²) in [6.45, 7) is 8.81. The number of carbonyl (C=O) groups is 1. The predicted octanol–water partition coefficient (Wildman–Crippen LogP) is 3.90. The average molecular weight is 286 g/mol. The summed E-state index contributed by atoms with van der Waals surface area (Å²) in [4.78, 5) is 12.5. The van der Waals surface area contributed by atoms with Gasteiger partial charge < -0.3 is 9.47 Å². The molecule has 0 bridgehead atoms. The second kappa shape index (κ2) is 4.90. The van der Waals surface area contributed by atoms with Crippen LogP contribution in [0.5, 0.6) is 5.75 Å². The van der Waals surface area contributed by atoms with E-state index >= 15 is 0 Å². The monoisotopic (exact) mass is 286 g/mol. The molecule has 1 aromatic carbocycles. The molecule has 1 aliphatic heterocycles. The summed E-state index contributed by atoms with van der Waals surface area (Å²) in [7, 11) is 0. The van der Waals surface area contributed by atoms with Crippen molar-refractivity contribution in [2.45, 2.75) is 33.8 Å². The molecular weight excluding hydrogens is 264 g/mol. The largest absolute Gasteiger partial charge is 0.489 e. The number of fused-ring (bicyclic) bond motifs is 1. The molecule has 0 radical (unpaired) electrons. The lowest BCUT2D eigenvalue weighted by atomic mass is 10.1. The van der Waals surface area contributed by atoms with E-state index in [2.05, 4.69) is 33.8 Å². The topological polar surface area (TPSA) is 35.5 Å². The van der Waals surface area contributed by atoms with Crippen molar-refractivity contribution >= 4 is 5.97 Å². The minimum atomic E-state index is -0.266. The normalized spacial score (nSPS) is 28.3. The summed E-state index contributed by atoms with van der Waals surface area (Å²) < 4.78 is 11.3. The lowest BCUT2D eigenvalue weighted by Gasteiger charge is -2.11. The van der Waals surface area contributed by atoms with Crippen LogP contribution in [0.25, 0.3) is 0 Å². The molecule has 1 heterocycles. The Balaban J connectivity index is 1.70. The van der Waals surface area contributed by atoms with Gasteiger partial charge in [0.1, 0.15) is 12.4 Å². The lowest BCUT2D eigenvalue weighted by molar-refractivity contribution is -0.152. The first kappa shape index (κ1) is 14.2. The summed E-state index contributed by atoms with van der Waals surface area (Å²) in [5.41, 5.74) is 2.22. The summed E-state index contributed by atoms with van der Waals surface area (Å²) in [6, 6.07) is 7.75. The predicted molar refractivity (Wildman–Crippen MR) is 81.0 cm³/mol. The van der Waals surface area contributed by atoms with Crippen molar-refractivity contribution in [3.63, 3.8) is 0 Å². The number of para-hydroxylation sites is 1. The number of benzene rings is 1. The zero-order valence-electron chi connectivity index (χ0n) is 13.1. The first-order valence-corrected chi connectivity index (χ1v) is 7.48. The Morgan fingerprint density at radius 3 is 2.76 bits per heavy atom. The Hall–Kier alpha value is -1.77. The van der Waals surface area contributed by atoms with Gasteiger partial charge in [-0.05, 0) is 31.2 Å². The zero-order chi connectivity index (χ0) is 15.2. The molecule has 1 aliphatic carbocycles. The van der Waals surface area contributed by atoms with E-state index in [0.29, 0.717) is 6.61 Å². The third-order valence-electron chi connectivity index (χ3n) is 4.59. The Morgan fingerprint density at radius 1 is 1.33 bits per heavy atom. The summed E-state index contributed by atoms with van der Waals surface area (Å²) >= 11 is 0. The highest BCUT2D eigenvalue weighted by atomic mass is 16.6. The van der Waals surface area contributed by atoms with E-state index in [1.165, 1.54) is 5.57 Å². The maximum atomic E-state index is 12.5. The molecule has 1 unspecified atom stereocenters. The lowest BCUT2D eigenvalue weighted by Crippen LogP contribution is -2.16. The van der Waals surface area contributed by atoms with Crippen LogP contribution in [0.2, 0.25) is 0 Å². The van der Waals surface area contributed by atoms with Crippen LogP contribution in [0.3, 0.4) is 0 Å². The van der Waals surface area contributed by atoms with Gasteiger partial charge in [-0.25, -0.2) is 0 Å². The fraction of sp³-hybridized carbons (Fsp3) is 0.500. The van der Waals surface area contributed by atoms with Crippen LogP contribution >= 0.6 is 0 Å². The van der Waals surface area contributed by atoms with E-state index in [4.69, 9.17) is 9.47 Å². The molecule has 3 nitrogen and oxygen atoms in total. The Kier molecular flexibility index (Phi) is 3.31. The second-order valence-corrected chi connectivity index (χ2v) is 6.84. The number of hydrogen-bond acceptors (Lipinski definition) is 3. The number of ether oxygens (including phenoxy) is 2. The molecule has 0 amide bonds. The van der Waals surface area contributed by atoms with E-state index in [-0.39, 0.29) is 29.3 Å². The van der Waals surface area contributed by atoms with Gasteiger partial charge in [0, 0.05) is 5.56 Å². The van der Waals surface area contributed by atoms with Gasteiger partial charge in [0.25, 0.3) is 0 Å². The van der Waals surface area contributed by atoms with Gasteiger partial charge in [-0.2, -0.15) is 0 Å². The third-order valence-corrected chi connectivity index (χ3v) is 4.59. The number of hydrogen-bond donors (Lipinski definition) is 0. The van der Waals surface area contributed by atoms with E-state index in [1.807, 2.05) is 24.3 Å². The maximum Gasteiger partial charge on any atom is 0.310 e. The van der Waals surface area contributed by atoms with E-state index in [1.54, 1.807) is 0 Å². The van der Waals surface area contributed by atoms with Gasteiger partial charge in [0.2, 0.25) is 0 Å². The smallest absolute Gasteiger partial charge is 0.310 e. The molecule has 0 N–H and O–H groups in total. The van der Waals surface area contributed by atoms with E-state index < -0.39 is 0 Å². The first-order chi connectivity index (χ1) is 9.91. The SMILES string of the molecule is CC(C)=C[C@@H]1[C@H](C(=O)OC2COc3ccccc32)C1(C)C. The van der Waals surface area contributed by atoms with Crippen molar-refractivity contribution in [1.29, 1.82) is 0 Å². The molecule has 0 spiro atoms. The quantitative estimate of drug-likeness (QED) is 0.624. The van der Waals surface area contributed by atoms with E-state index in [9.17, 15) is 4.79 Å². The fourth-order valence-electron chi connectivity index (χ4n) is 3.24. The summed E-state index contributed by atoms with van der Waals surface area (Å²) in [6.07, 6.45) is 1.92. The van der Waals surface area contributed by atoms with Crippen LogP contribution in [-0.4, -0.2) is 12.6 Å². The van der Waals surface area contributed by atoms with Gasteiger partial charge in [0.05, 0.1) is 5.92 Å². The molecule has 3 rings (SSSR count). The molecule has 21 heavy (non-hydrogen) atoms. The highest BCUT2D eigenvalue weighted by Gasteiger charge is 2.61. The summed E-state index contributed by atoms with van der Waals surface area (Å²) in [5.74, 6) is 0.965. The zero-order valence-corrected chi connectivity index (χ0v) is 13.1. The molecular formula is C18H22O3. The molecule has 0 saturated heterocycles. The van der Waals surface area contributed by atoms with Gasteiger partial charge in [-0.3, -0.25) is 4.79 Å². The maximum absolute atomic E-state index is 12.5. The second-order valence-electron chi connectivity index (χ2n) is 6.84. The van der Waals surface area contributed by atoms with Crippen LogP contribution in [0, 0.1) is 17.3 Å². The Bertz CT molecular complexity index is 596. The minimum Gasteiger partial charge on any atom is -0.489 e. The van der Waals surface area contributed by atoms with Crippen LogP contribution in [0.4, 0.5) is 0 Å². The van der Waals surface area contributed by atoms with Gasteiger partial charge in [-0.15, -0.1) is 0 Å². The van der Waals surface area contributed by atoms with Crippen molar-refractivity contribution in [1.82, 2.24) is 0 Å². The number of rotatable bonds is 3. The van der Waals surface area contributed by atoms with Crippen molar-refractivity contribution in [2.24, 2.45) is 17.3 Å². The fourth-order valence-corrected chi connectivity index (χ4v) is 3.24. The molecule has 1 saturated carbocycles. The number of esters is 1. The van der Waals surface area contributed by atoms with Gasteiger partial charge in [0.15, 0.2) is 6.10 Å². The molecule has 112 valence electrons. The van der Waals surface area contributed by atoms with Gasteiger partial charge >= 0.3 is 5.97 Å². The van der Waals surface area contributed by atoms with Crippen molar-refractivity contribution in [3.05, 3.63) is 41.5 Å². The van der Waals surface area contributed by atoms with Crippen LogP contribution in [0.15, 0.2) is 35.9 Å². The van der Waals surface area contributed by atoms with Crippen LogP contribution in [0.1, 0.15) is 39.4 Å².